The number of rotatable bonds is 3. The van der Waals surface area contributed by atoms with Crippen LogP contribution in [0.25, 0.3) is 0 Å². The highest BCUT2D eigenvalue weighted by Gasteiger charge is 2.43. The van der Waals surface area contributed by atoms with E-state index in [1.54, 1.807) is 13.8 Å². The van der Waals surface area contributed by atoms with E-state index >= 15 is 0 Å². The number of imide groups is 1. The maximum Gasteiger partial charge on any atom is 0.325 e. The normalized spacial score (nSPS) is 19.8. The summed E-state index contributed by atoms with van der Waals surface area (Å²) in [6.07, 6.45) is 0. The van der Waals surface area contributed by atoms with E-state index in [4.69, 9.17) is 0 Å². The summed E-state index contributed by atoms with van der Waals surface area (Å²) in [7, 11) is 0. The molecule has 4 nitrogen and oxygen atoms in total. The molecule has 1 fully saturated rings. The molecule has 5 heteroatoms. The van der Waals surface area contributed by atoms with Gasteiger partial charge in [0.15, 0.2) is 0 Å². The van der Waals surface area contributed by atoms with Gasteiger partial charge in [-0.05, 0) is 19.4 Å². The Morgan fingerprint density at radius 2 is 2.14 bits per heavy atom. The van der Waals surface area contributed by atoms with E-state index in [1.165, 1.54) is 4.90 Å². The van der Waals surface area contributed by atoms with Crippen LogP contribution in [0.3, 0.4) is 0 Å². The number of urea groups is 1. The van der Waals surface area contributed by atoms with Gasteiger partial charge in [-0.3, -0.25) is 9.69 Å². The predicted molar refractivity (Wildman–Crippen MR) is 57.3 cm³/mol. The zero-order valence-electron chi connectivity index (χ0n) is 8.33. The topological polar surface area (TPSA) is 49.4 Å². The lowest BCUT2D eigenvalue weighted by Gasteiger charge is -2.16. The molecular weight excluding hydrogens is 200 g/mol. The van der Waals surface area contributed by atoms with Crippen molar-refractivity contribution in [3.05, 3.63) is 12.2 Å². The maximum atomic E-state index is 11.7. The van der Waals surface area contributed by atoms with Gasteiger partial charge in [0.25, 0.3) is 5.91 Å². The molecule has 1 aliphatic rings. The molecule has 0 saturated carbocycles. The van der Waals surface area contributed by atoms with E-state index in [0.29, 0.717) is 5.75 Å². The maximum absolute atomic E-state index is 11.7. The Kier molecular flexibility index (Phi) is 2.89. The van der Waals surface area contributed by atoms with Gasteiger partial charge in [-0.15, -0.1) is 0 Å². The Morgan fingerprint density at radius 1 is 1.57 bits per heavy atom. The zero-order valence-corrected chi connectivity index (χ0v) is 9.23. The van der Waals surface area contributed by atoms with Gasteiger partial charge in [-0.1, -0.05) is 6.58 Å². The lowest BCUT2D eigenvalue weighted by molar-refractivity contribution is -0.129. The molecule has 14 heavy (non-hydrogen) atoms. The van der Waals surface area contributed by atoms with Crippen molar-refractivity contribution in [3.8, 4) is 0 Å². The highest BCUT2D eigenvalue weighted by atomic mass is 32.1. The molecule has 1 aliphatic heterocycles. The molecule has 0 aromatic carbocycles. The van der Waals surface area contributed by atoms with Gasteiger partial charge in [-0.2, -0.15) is 12.6 Å². The third-order valence-corrected chi connectivity index (χ3v) is 2.50. The predicted octanol–water partition coefficient (Wildman–Crippen LogP) is 0.803. The van der Waals surface area contributed by atoms with Crippen LogP contribution in [0.1, 0.15) is 13.8 Å². The summed E-state index contributed by atoms with van der Waals surface area (Å²) in [5.41, 5.74) is -0.0527. The van der Waals surface area contributed by atoms with Crippen molar-refractivity contribution in [2.24, 2.45) is 0 Å². The second kappa shape index (κ2) is 3.65. The number of carbonyl (C=O) groups is 2. The Bertz CT molecular complexity index is 299. The van der Waals surface area contributed by atoms with Crippen molar-refractivity contribution in [2.75, 3.05) is 12.3 Å². The molecular formula is C9H14N2O2S. The summed E-state index contributed by atoms with van der Waals surface area (Å²) in [5.74, 6) is 0.253. The molecule has 1 N–H and O–H groups in total. The molecule has 0 bridgehead atoms. The van der Waals surface area contributed by atoms with Gasteiger partial charge in [0, 0.05) is 5.75 Å². The van der Waals surface area contributed by atoms with Crippen molar-refractivity contribution in [2.45, 2.75) is 19.4 Å². The minimum Gasteiger partial charge on any atom is -0.324 e. The summed E-state index contributed by atoms with van der Waals surface area (Å²) in [5, 5.41) is 2.59. The molecule has 0 radical (unpaired) electrons. The lowest BCUT2D eigenvalue weighted by atomic mass is 10.1. The number of hydrogen-bond donors (Lipinski definition) is 2. The lowest BCUT2D eigenvalue weighted by Crippen LogP contribution is -2.40. The van der Waals surface area contributed by atoms with E-state index in [9.17, 15) is 9.59 Å². The first kappa shape index (κ1) is 11.1. The smallest absolute Gasteiger partial charge is 0.324 e. The number of hydrogen-bond acceptors (Lipinski definition) is 3. The van der Waals surface area contributed by atoms with Crippen molar-refractivity contribution < 1.29 is 9.59 Å². The summed E-state index contributed by atoms with van der Waals surface area (Å²) in [6.45, 7) is 7.31. The van der Waals surface area contributed by atoms with Crippen LogP contribution in [0, 0.1) is 0 Å². The van der Waals surface area contributed by atoms with Crippen molar-refractivity contribution in [1.82, 2.24) is 10.2 Å². The van der Waals surface area contributed by atoms with Crippen LogP contribution in [0.2, 0.25) is 0 Å². The molecule has 0 aromatic rings. The second-order valence-corrected chi connectivity index (χ2v) is 4.17. The minimum atomic E-state index is -0.798. The van der Waals surface area contributed by atoms with Gasteiger partial charge in [-0.25, -0.2) is 4.79 Å². The second-order valence-electron chi connectivity index (χ2n) is 3.85. The highest BCUT2D eigenvalue weighted by Crippen LogP contribution is 2.17. The van der Waals surface area contributed by atoms with Gasteiger partial charge in [0.1, 0.15) is 5.54 Å². The van der Waals surface area contributed by atoms with E-state index in [-0.39, 0.29) is 18.5 Å². The van der Waals surface area contributed by atoms with E-state index in [1.807, 2.05) is 0 Å². The fourth-order valence-corrected chi connectivity index (χ4v) is 1.34. The van der Waals surface area contributed by atoms with Crippen LogP contribution in [-0.4, -0.2) is 34.7 Å². The first-order chi connectivity index (χ1) is 6.38. The van der Waals surface area contributed by atoms with Crippen LogP contribution >= 0.6 is 12.6 Å². The fourth-order valence-electron chi connectivity index (χ4n) is 1.24. The standard InChI is InChI=1S/C9H14N2O2S/c1-6(5-14)4-11-7(12)9(2,3)10-8(11)13/h14H,1,4-5H2,2-3H3,(H,10,13). The number of nitrogens with zero attached hydrogens (tertiary/aromatic N) is 1. The minimum absolute atomic E-state index is 0.217. The summed E-state index contributed by atoms with van der Waals surface area (Å²) in [4.78, 5) is 24.2. The first-order valence-electron chi connectivity index (χ1n) is 4.30. The monoisotopic (exact) mass is 214 g/mol. The molecule has 0 aliphatic carbocycles. The number of nitrogens with one attached hydrogen (secondary N) is 1. The third kappa shape index (κ3) is 1.92. The summed E-state index contributed by atoms with van der Waals surface area (Å²) < 4.78 is 0. The van der Waals surface area contributed by atoms with E-state index in [0.717, 1.165) is 5.57 Å². The molecule has 0 spiro atoms. The van der Waals surface area contributed by atoms with Crippen molar-refractivity contribution >= 4 is 24.6 Å². The average Bonchev–Trinajstić information content (AvgIpc) is 2.28. The molecule has 1 rings (SSSR count). The fraction of sp³-hybridized carbons (Fsp3) is 0.556. The largest absolute Gasteiger partial charge is 0.325 e. The van der Waals surface area contributed by atoms with Gasteiger partial charge >= 0.3 is 6.03 Å². The summed E-state index contributed by atoms with van der Waals surface area (Å²) in [6, 6.07) is -0.358. The van der Waals surface area contributed by atoms with Crippen molar-refractivity contribution in [1.29, 1.82) is 0 Å². The van der Waals surface area contributed by atoms with Crippen LogP contribution in [0.5, 0.6) is 0 Å². The van der Waals surface area contributed by atoms with Crippen LogP contribution < -0.4 is 5.32 Å². The SMILES string of the molecule is C=C(CS)CN1C(=O)NC(C)(C)C1=O. The molecule has 78 valence electrons. The van der Waals surface area contributed by atoms with E-state index in [2.05, 4.69) is 24.5 Å². The number of thiol groups is 1. The van der Waals surface area contributed by atoms with Gasteiger partial charge < -0.3 is 5.32 Å². The Labute approximate surface area is 88.8 Å². The van der Waals surface area contributed by atoms with E-state index < -0.39 is 5.54 Å². The first-order valence-corrected chi connectivity index (χ1v) is 4.93. The molecule has 3 amide bonds. The van der Waals surface area contributed by atoms with Crippen LogP contribution in [0.4, 0.5) is 4.79 Å². The number of carbonyl (C=O) groups excluding carboxylic acids is 2. The van der Waals surface area contributed by atoms with Gasteiger partial charge in [0.2, 0.25) is 0 Å². The molecule has 0 unspecified atom stereocenters. The molecule has 1 saturated heterocycles. The van der Waals surface area contributed by atoms with Crippen molar-refractivity contribution in [3.63, 3.8) is 0 Å². The van der Waals surface area contributed by atoms with Crippen LogP contribution in [0.15, 0.2) is 12.2 Å². The molecule has 1 heterocycles. The quantitative estimate of drug-likeness (QED) is 0.415. The Hall–Kier alpha value is -0.970. The Morgan fingerprint density at radius 3 is 2.50 bits per heavy atom. The molecule has 0 atom stereocenters. The Balaban J connectivity index is 2.76. The van der Waals surface area contributed by atoms with Crippen LogP contribution in [-0.2, 0) is 4.79 Å². The number of amides is 3. The highest BCUT2D eigenvalue weighted by molar-refractivity contribution is 7.80. The zero-order chi connectivity index (χ0) is 10.9. The summed E-state index contributed by atoms with van der Waals surface area (Å²) >= 11 is 4.02. The third-order valence-electron chi connectivity index (χ3n) is 2.05. The average molecular weight is 214 g/mol. The van der Waals surface area contributed by atoms with Gasteiger partial charge in [0.05, 0.1) is 6.54 Å². The molecule has 0 aromatic heterocycles.